The normalized spacial score (nSPS) is 15.3. The fourth-order valence-corrected chi connectivity index (χ4v) is 7.43. The lowest BCUT2D eigenvalue weighted by molar-refractivity contribution is -0.132. The fourth-order valence-electron chi connectivity index (χ4n) is 5.60. The number of carbonyl (C=O) groups is 2. The van der Waals surface area contributed by atoms with Crippen LogP contribution in [0.3, 0.4) is 0 Å². The Kier molecular flexibility index (Phi) is 11.6. The average Bonchev–Trinajstić information content (AvgIpc) is 3.72. The van der Waals surface area contributed by atoms with Gasteiger partial charge in [-0.3, -0.25) is 14.5 Å². The molecule has 268 valence electrons. The fraction of sp³-hybridized carbons (Fsp3) is 0.250. The van der Waals surface area contributed by atoms with Crippen molar-refractivity contribution in [3.63, 3.8) is 0 Å². The highest BCUT2D eigenvalue weighted by molar-refractivity contribution is 8.00. The first kappa shape index (κ1) is 36.6. The first-order chi connectivity index (χ1) is 25.1. The molecule has 1 atom stereocenters. The van der Waals surface area contributed by atoms with Crippen LogP contribution in [-0.4, -0.2) is 40.7 Å². The van der Waals surface area contributed by atoms with E-state index in [1.165, 1.54) is 35.9 Å². The molecule has 1 aromatic heterocycles. The van der Waals surface area contributed by atoms with Crippen molar-refractivity contribution in [2.75, 3.05) is 18.6 Å². The van der Waals surface area contributed by atoms with Crippen LogP contribution in [0, 0.1) is 18.7 Å². The molecule has 1 N–H and O–H groups in total. The molecule has 0 bridgehead atoms. The summed E-state index contributed by atoms with van der Waals surface area (Å²) in [4.78, 5) is 28.9. The van der Waals surface area contributed by atoms with Crippen molar-refractivity contribution >= 4 is 45.7 Å². The summed E-state index contributed by atoms with van der Waals surface area (Å²) in [6.45, 7) is 7.09. The lowest BCUT2D eigenvalue weighted by Crippen LogP contribution is -2.29. The van der Waals surface area contributed by atoms with Crippen LogP contribution >= 0.6 is 23.1 Å². The number of aliphatic hydroxyl groups excluding tert-OH is 1. The Hall–Kier alpha value is -5.20. The number of halogens is 1. The number of hydrogen-bond acceptors (Lipinski definition) is 10. The van der Waals surface area contributed by atoms with Crippen LogP contribution in [0.1, 0.15) is 54.1 Å². The van der Waals surface area contributed by atoms with E-state index in [-0.39, 0.29) is 22.3 Å². The summed E-state index contributed by atoms with van der Waals surface area (Å²) < 4.78 is 31.6. The zero-order valence-corrected chi connectivity index (χ0v) is 30.8. The molecule has 1 unspecified atom stereocenters. The van der Waals surface area contributed by atoms with E-state index in [9.17, 15) is 19.1 Å². The summed E-state index contributed by atoms with van der Waals surface area (Å²) in [7, 11) is 1.52. The zero-order chi connectivity index (χ0) is 36.8. The minimum atomic E-state index is -1.06. The molecule has 1 amide bonds. The molecule has 12 heteroatoms. The molecule has 1 saturated heterocycles. The van der Waals surface area contributed by atoms with Crippen LogP contribution in [0.15, 0.2) is 101 Å². The molecule has 9 nitrogen and oxygen atoms in total. The first-order valence-corrected chi connectivity index (χ1v) is 18.5. The van der Waals surface area contributed by atoms with Gasteiger partial charge in [0.15, 0.2) is 15.8 Å². The standard InChI is InChI=1S/C40H38FN3O6S2/c1-24(2)19-20-49-32-18-13-28(21-33(32)48-4)35-34(36(45)27-11-16-31(17-12-27)50-22-29-8-6-5-7-25(29)3)37(46)38(47)44(35)39-42-43-40(52-39)51-23-26-9-14-30(41)15-10-26/h5-18,21,24,35,45H,19-20,22-23H2,1-4H3/b36-34+. The molecule has 1 aliphatic rings. The molecule has 5 aromatic rings. The first-order valence-electron chi connectivity index (χ1n) is 16.7. The number of carbonyl (C=O) groups excluding carboxylic acids is 2. The highest BCUT2D eigenvalue weighted by atomic mass is 32.2. The molecule has 0 saturated carbocycles. The van der Waals surface area contributed by atoms with E-state index in [1.54, 1.807) is 54.6 Å². The number of anilines is 1. The Labute approximate surface area is 310 Å². The SMILES string of the molecule is COc1cc(C2/C(=C(\O)c3ccc(OCc4ccccc4C)cc3)C(=O)C(=O)N2c2nnc(SCc3ccc(F)cc3)s2)ccc1OCCC(C)C. The van der Waals surface area contributed by atoms with Crippen molar-refractivity contribution in [3.05, 3.63) is 130 Å². The number of methoxy groups -OCH3 is 1. The number of Topliss-reactive ketones (excluding diaryl/α,β-unsaturated/α-hetero) is 1. The van der Waals surface area contributed by atoms with E-state index in [1.807, 2.05) is 31.2 Å². The highest BCUT2D eigenvalue weighted by Gasteiger charge is 2.48. The predicted octanol–water partition coefficient (Wildman–Crippen LogP) is 8.92. The molecule has 0 radical (unpaired) electrons. The maximum Gasteiger partial charge on any atom is 0.301 e. The maximum atomic E-state index is 13.8. The van der Waals surface area contributed by atoms with Crippen molar-refractivity contribution in [2.45, 2.75) is 49.9 Å². The topological polar surface area (TPSA) is 111 Å². The molecule has 0 aliphatic carbocycles. The van der Waals surface area contributed by atoms with E-state index >= 15 is 0 Å². The molecular formula is C40H38FN3O6S2. The molecule has 6 rings (SSSR count). The largest absolute Gasteiger partial charge is 0.507 e. The van der Waals surface area contributed by atoms with E-state index in [0.717, 1.165) is 34.4 Å². The highest BCUT2D eigenvalue weighted by Crippen LogP contribution is 2.46. The van der Waals surface area contributed by atoms with Crippen LogP contribution in [-0.2, 0) is 21.9 Å². The summed E-state index contributed by atoms with van der Waals surface area (Å²) in [6, 6.07) is 24.9. The number of benzene rings is 4. The Morgan fingerprint density at radius 2 is 1.71 bits per heavy atom. The lowest BCUT2D eigenvalue weighted by Gasteiger charge is -2.23. The number of aliphatic hydroxyl groups is 1. The van der Waals surface area contributed by atoms with Crippen molar-refractivity contribution in [1.82, 2.24) is 10.2 Å². The number of aromatic nitrogens is 2. The Bertz CT molecular complexity index is 2080. The molecule has 4 aromatic carbocycles. The molecule has 0 spiro atoms. The number of hydrogen-bond donors (Lipinski definition) is 1. The van der Waals surface area contributed by atoms with Gasteiger partial charge in [-0.15, -0.1) is 10.2 Å². The van der Waals surface area contributed by atoms with Gasteiger partial charge in [0.1, 0.15) is 23.9 Å². The van der Waals surface area contributed by atoms with Crippen LogP contribution < -0.4 is 19.1 Å². The van der Waals surface area contributed by atoms with Crippen molar-refractivity contribution in [1.29, 1.82) is 0 Å². The van der Waals surface area contributed by atoms with Crippen LogP contribution in [0.2, 0.25) is 0 Å². The summed E-state index contributed by atoms with van der Waals surface area (Å²) in [5.74, 6) is 0.0619. The minimum absolute atomic E-state index is 0.107. The van der Waals surface area contributed by atoms with Gasteiger partial charge in [-0.25, -0.2) is 4.39 Å². The molecule has 1 fully saturated rings. The number of thioether (sulfide) groups is 1. The van der Waals surface area contributed by atoms with Gasteiger partial charge in [-0.05, 0) is 90.0 Å². The van der Waals surface area contributed by atoms with Gasteiger partial charge in [0.25, 0.3) is 5.78 Å². The monoisotopic (exact) mass is 739 g/mol. The Morgan fingerprint density at radius 1 is 0.962 bits per heavy atom. The molecule has 2 heterocycles. The number of aryl methyl sites for hydroxylation is 1. The van der Waals surface area contributed by atoms with Crippen LogP contribution in [0.4, 0.5) is 9.52 Å². The number of rotatable bonds is 14. The third-order valence-electron chi connectivity index (χ3n) is 8.56. The van der Waals surface area contributed by atoms with Gasteiger partial charge in [-0.1, -0.05) is 79.4 Å². The van der Waals surface area contributed by atoms with Crippen LogP contribution in [0.5, 0.6) is 17.2 Å². The van der Waals surface area contributed by atoms with E-state index in [0.29, 0.717) is 57.6 Å². The third kappa shape index (κ3) is 8.29. The maximum absolute atomic E-state index is 13.8. The number of ether oxygens (including phenoxy) is 3. The number of ketones is 1. The summed E-state index contributed by atoms with van der Waals surface area (Å²) >= 11 is 2.52. The van der Waals surface area contributed by atoms with Crippen molar-refractivity contribution < 1.29 is 33.3 Å². The van der Waals surface area contributed by atoms with Crippen molar-refractivity contribution in [3.8, 4) is 17.2 Å². The van der Waals surface area contributed by atoms with E-state index < -0.39 is 17.7 Å². The zero-order valence-electron chi connectivity index (χ0n) is 29.2. The third-order valence-corrected chi connectivity index (χ3v) is 10.7. The van der Waals surface area contributed by atoms with Gasteiger partial charge < -0.3 is 19.3 Å². The Balaban J connectivity index is 1.34. The Morgan fingerprint density at radius 3 is 2.42 bits per heavy atom. The quantitative estimate of drug-likeness (QED) is 0.0393. The summed E-state index contributed by atoms with van der Waals surface area (Å²) in [5, 5.41) is 20.5. The predicted molar refractivity (Wildman–Crippen MR) is 201 cm³/mol. The molecule has 52 heavy (non-hydrogen) atoms. The second-order valence-corrected chi connectivity index (χ2v) is 14.8. The average molecular weight is 740 g/mol. The number of amides is 1. The van der Waals surface area contributed by atoms with Gasteiger partial charge in [0.2, 0.25) is 5.13 Å². The summed E-state index contributed by atoms with van der Waals surface area (Å²) in [6.07, 6.45) is 0.847. The number of nitrogens with zero attached hydrogens (tertiary/aromatic N) is 3. The van der Waals surface area contributed by atoms with Crippen LogP contribution in [0.25, 0.3) is 5.76 Å². The second kappa shape index (κ2) is 16.4. The van der Waals surface area contributed by atoms with Gasteiger partial charge in [0, 0.05) is 11.3 Å². The van der Waals surface area contributed by atoms with E-state index in [2.05, 4.69) is 24.0 Å². The molecular weight excluding hydrogens is 702 g/mol. The second-order valence-electron chi connectivity index (χ2n) is 12.6. The smallest absolute Gasteiger partial charge is 0.301 e. The van der Waals surface area contributed by atoms with Gasteiger partial charge >= 0.3 is 5.91 Å². The van der Waals surface area contributed by atoms with E-state index in [4.69, 9.17) is 14.2 Å². The van der Waals surface area contributed by atoms with Crippen molar-refractivity contribution in [2.24, 2.45) is 5.92 Å². The minimum Gasteiger partial charge on any atom is -0.507 e. The lowest BCUT2D eigenvalue weighted by atomic mass is 9.95. The summed E-state index contributed by atoms with van der Waals surface area (Å²) in [5.41, 5.74) is 3.78. The van der Waals surface area contributed by atoms with Gasteiger partial charge in [-0.2, -0.15) is 0 Å². The molecule has 1 aliphatic heterocycles. The van der Waals surface area contributed by atoms with Gasteiger partial charge in [0.05, 0.1) is 25.3 Å².